The van der Waals surface area contributed by atoms with Gasteiger partial charge < -0.3 is 48.4 Å². The quantitative estimate of drug-likeness (QED) is 0.111. The summed E-state index contributed by atoms with van der Waals surface area (Å²) in [7, 11) is 4.56. The van der Waals surface area contributed by atoms with Crippen molar-refractivity contribution in [3.05, 3.63) is 47.6 Å². The lowest BCUT2D eigenvalue weighted by Crippen LogP contribution is -2.61. The van der Waals surface area contributed by atoms with E-state index >= 15 is 0 Å². The summed E-state index contributed by atoms with van der Waals surface area (Å²) in [5.74, 6) is -8.75. The number of carbonyl (C=O) groups is 6. The molecule has 2 bridgehead atoms. The molecule has 16 heteroatoms. The molecule has 4 aliphatic rings. The van der Waals surface area contributed by atoms with Gasteiger partial charge in [0.1, 0.15) is 17.9 Å². The zero-order valence-electron chi connectivity index (χ0n) is 46.8. The van der Waals surface area contributed by atoms with E-state index in [4.69, 9.17) is 28.4 Å². The van der Waals surface area contributed by atoms with Gasteiger partial charge in [-0.25, -0.2) is 4.79 Å². The maximum absolute atomic E-state index is 14.6. The molecule has 0 aromatic rings. The van der Waals surface area contributed by atoms with Gasteiger partial charge in [-0.05, 0) is 120 Å². The largest absolute Gasteiger partial charge is 0.460 e. The number of ketones is 3. The second-order valence-corrected chi connectivity index (χ2v) is 21.8. The molecule has 1 aliphatic carbocycles. The number of hydrogen-bond donors (Lipinski definition) is 2. The van der Waals surface area contributed by atoms with E-state index < -0.39 is 89.8 Å². The Labute approximate surface area is 442 Å². The lowest BCUT2D eigenvalue weighted by Gasteiger charge is -2.42. The molecule has 3 aliphatic heterocycles. The van der Waals surface area contributed by atoms with Gasteiger partial charge >= 0.3 is 11.9 Å². The van der Waals surface area contributed by atoms with E-state index in [1.54, 1.807) is 41.1 Å². The van der Waals surface area contributed by atoms with Crippen LogP contribution in [0.1, 0.15) is 146 Å². The average molecular weight is 1040 g/mol. The Bertz CT molecular complexity index is 2000. The predicted molar refractivity (Wildman–Crippen MR) is 281 cm³/mol. The van der Waals surface area contributed by atoms with Gasteiger partial charge in [0.05, 0.1) is 30.8 Å². The van der Waals surface area contributed by atoms with Gasteiger partial charge in [0.25, 0.3) is 11.7 Å². The summed E-state index contributed by atoms with van der Waals surface area (Å²) < 4.78 is 36.1. The molecule has 14 unspecified atom stereocenters. The molecule has 0 aromatic heterocycles. The van der Waals surface area contributed by atoms with Crippen LogP contribution in [0.15, 0.2) is 47.6 Å². The maximum Gasteiger partial charge on any atom is 0.329 e. The van der Waals surface area contributed by atoms with E-state index in [1.807, 2.05) is 71.9 Å². The van der Waals surface area contributed by atoms with E-state index in [1.165, 1.54) is 12.0 Å². The Morgan fingerprint density at radius 1 is 0.865 bits per heavy atom. The van der Waals surface area contributed by atoms with Crippen LogP contribution >= 0.6 is 0 Å². The first-order valence-corrected chi connectivity index (χ1v) is 27.5. The number of esters is 2. The number of fused-ring (bicyclic) bond motifs is 3. The lowest BCUT2D eigenvalue weighted by molar-refractivity contribution is -0.265. The molecule has 15 atom stereocenters. The SMILES string of the molecule is CCN(CC)CCC(=O)OC1/C(C)=C\C(C)C(=O)CC(C(C)CC2CCC(O)C(OC)C2)OC(=O)C2CCCCN2C(=O)C(=O)[C@@]2(O)OC(CCC2C)CC(OC)/C(C)=C/C=C/C=C\C(C)CC(C)C(=O)C1OC. The molecule has 74 heavy (non-hydrogen) atoms. The molecule has 3 heterocycles. The van der Waals surface area contributed by atoms with Crippen LogP contribution < -0.4 is 0 Å². The topological polar surface area (TPSA) is 205 Å². The zero-order valence-corrected chi connectivity index (χ0v) is 46.8. The van der Waals surface area contributed by atoms with Gasteiger partial charge in [0.2, 0.25) is 5.79 Å². The Hall–Kier alpha value is -3.90. The Morgan fingerprint density at radius 2 is 1.58 bits per heavy atom. The molecule has 0 aromatic carbocycles. The molecule has 0 spiro atoms. The first-order chi connectivity index (χ1) is 35.1. The number of rotatable bonds is 12. The summed E-state index contributed by atoms with van der Waals surface area (Å²) >= 11 is 0. The molecule has 1 saturated carbocycles. The Morgan fingerprint density at radius 3 is 2.24 bits per heavy atom. The van der Waals surface area contributed by atoms with Crippen molar-refractivity contribution < 1.29 is 67.4 Å². The van der Waals surface area contributed by atoms with Crippen LogP contribution in [0.5, 0.6) is 0 Å². The fourth-order valence-electron chi connectivity index (χ4n) is 11.2. The predicted octanol–water partition coefficient (Wildman–Crippen LogP) is 7.46. The fourth-order valence-corrected chi connectivity index (χ4v) is 11.2. The van der Waals surface area contributed by atoms with E-state index in [0.29, 0.717) is 76.3 Å². The lowest BCUT2D eigenvalue weighted by atomic mass is 9.78. The molecule has 3 fully saturated rings. The maximum atomic E-state index is 14.6. The van der Waals surface area contributed by atoms with E-state index in [0.717, 1.165) is 18.7 Å². The molecule has 0 radical (unpaired) electrons. The molecular weight excluding hydrogens is 949 g/mol. The zero-order chi connectivity index (χ0) is 54.9. The average Bonchev–Trinajstić information content (AvgIpc) is 3.38. The number of methoxy groups -OCH3 is 3. The molecule has 2 saturated heterocycles. The van der Waals surface area contributed by atoms with Crippen molar-refractivity contribution in [1.82, 2.24) is 9.80 Å². The number of ether oxygens (including phenoxy) is 6. The monoisotopic (exact) mass is 1040 g/mol. The van der Waals surface area contributed by atoms with Crippen molar-refractivity contribution in [3.8, 4) is 0 Å². The number of nitrogens with zero attached hydrogens (tertiary/aromatic N) is 2. The van der Waals surface area contributed by atoms with Crippen molar-refractivity contribution in [2.45, 2.75) is 200 Å². The number of aliphatic hydroxyl groups is 2. The number of Topliss-reactive ketones (excluding diaryl/α,β-unsaturated/α-hetero) is 3. The van der Waals surface area contributed by atoms with Crippen molar-refractivity contribution in [2.24, 2.45) is 35.5 Å². The summed E-state index contributed by atoms with van der Waals surface area (Å²) in [5.41, 5.74) is 1.32. The highest BCUT2D eigenvalue weighted by Gasteiger charge is 2.53. The minimum Gasteiger partial charge on any atom is -0.460 e. The third-order valence-corrected chi connectivity index (χ3v) is 16.2. The fraction of sp³-hybridized carbons (Fsp3) is 0.759. The van der Waals surface area contributed by atoms with Gasteiger partial charge in [-0.3, -0.25) is 24.0 Å². The molecule has 418 valence electrons. The second-order valence-electron chi connectivity index (χ2n) is 21.8. The third kappa shape index (κ3) is 17.3. The Kier molecular flexibility index (Phi) is 25.5. The summed E-state index contributed by atoms with van der Waals surface area (Å²) in [4.78, 5) is 89.1. The minimum absolute atomic E-state index is 0.0243. The molecule has 4 rings (SSSR count). The highest BCUT2D eigenvalue weighted by Crippen LogP contribution is 2.38. The molecular formula is C58H92N2O14. The Balaban J connectivity index is 1.77. The number of hydrogen-bond acceptors (Lipinski definition) is 15. The number of cyclic esters (lactones) is 1. The number of amides is 1. The normalized spacial score (nSPS) is 36.9. The highest BCUT2D eigenvalue weighted by molar-refractivity contribution is 6.39. The van der Waals surface area contributed by atoms with Gasteiger partial charge in [-0.1, -0.05) is 84.9 Å². The van der Waals surface area contributed by atoms with Crippen LogP contribution in [-0.4, -0.2) is 157 Å². The summed E-state index contributed by atoms with van der Waals surface area (Å²) in [6.07, 6.45) is 11.2. The van der Waals surface area contributed by atoms with Gasteiger partial charge in [-0.15, -0.1) is 0 Å². The van der Waals surface area contributed by atoms with Gasteiger partial charge in [0, 0.05) is 65.0 Å². The van der Waals surface area contributed by atoms with Crippen LogP contribution in [0.4, 0.5) is 0 Å². The molecule has 1 amide bonds. The van der Waals surface area contributed by atoms with Crippen LogP contribution in [-0.2, 0) is 57.2 Å². The number of allylic oxidation sites excluding steroid dienone is 6. The van der Waals surface area contributed by atoms with Crippen LogP contribution in [0.2, 0.25) is 0 Å². The second kappa shape index (κ2) is 30.1. The highest BCUT2D eigenvalue weighted by atomic mass is 16.6. The number of carbonyl (C=O) groups excluding carboxylic acids is 6. The van der Waals surface area contributed by atoms with E-state index in [-0.39, 0.29) is 61.2 Å². The van der Waals surface area contributed by atoms with Crippen LogP contribution in [0, 0.1) is 35.5 Å². The van der Waals surface area contributed by atoms with Crippen molar-refractivity contribution in [2.75, 3.05) is 47.5 Å². The number of piperidine rings is 1. The molecule has 16 nitrogen and oxygen atoms in total. The van der Waals surface area contributed by atoms with Crippen LogP contribution in [0.25, 0.3) is 0 Å². The summed E-state index contributed by atoms with van der Waals surface area (Å²) in [6.45, 7) is 18.8. The van der Waals surface area contributed by atoms with Gasteiger partial charge in [0.15, 0.2) is 18.0 Å². The van der Waals surface area contributed by atoms with E-state index in [9.17, 15) is 39.0 Å². The third-order valence-electron chi connectivity index (χ3n) is 16.2. The van der Waals surface area contributed by atoms with Crippen molar-refractivity contribution >= 4 is 35.2 Å². The summed E-state index contributed by atoms with van der Waals surface area (Å²) in [5, 5.41) is 22.6. The summed E-state index contributed by atoms with van der Waals surface area (Å²) in [6, 6.07) is -1.17. The first-order valence-electron chi connectivity index (χ1n) is 27.5. The van der Waals surface area contributed by atoms with Crippen LogP contribution in [0.3, 0.4) is 0 Å². The smallest absolute Gasteiger partial charge is 0.329 e. The van der Waals surface area contributed by atoms with Crippen molar-refractivity contribution in [1.29, 1.82) is 0 Å². The van der Waals surface area contributed by atoms with Gasteiger partial charge in [-0.2, -0.15) is 0 Å². The first kappa shape index (κ1) is 62.6. The molecule has 2 N–H and O–H groups in total. The standard InChI is InChI=1S/C58H92N2O14/c1-13-59(14-2)29-27-51(63)73-53-41(8)31-38(5)47(62)35-49(39(6)32-43-24-26-46(61)50(33-43)70-11)72-57(67)45-22-18-19-28-60(45)56(66)55(65)58(68)42(9)23-25-44(74-58)34-48(69-10)37(4)21-17-15-16-20-36(3)30-40(7)52(64)54(53)71-12/h15-17,20-21,31,36,38-40,42-46,48-50,53-54,61,68H,13-14,18-19,22-30,32-35H2,1-12H3/b17-15+,20-16-,37-21+,41-31-/t36?,38?,39?,40?,42?,43?,44?,45?,46?,48?,49?,50?,53?,54?,58-/m0/s1. The van der Waals surface area contributed by atoms with E-state index in [2.05, 4.69) is 4.90 Å². The minimum atomic E-state index is -2.45. The van der Waals surface area contributed by atoms with Crippen molar-refractivity contribution in [3.63, 3.8) is 0 Å². The number of aliphatic hydroxyl groups excluding tert-OH is 1.